The molecular weight excluding hydrogens is 448 g/mol. The summed E-state index contributed by atoms with van der Waals surface area (Å²) in [5.74, 6) is 0.265. The topological polar surface area (TPSA) is 115 Å². The molecule has 0 radical (unpaired) electrons. The van der Waals surface area contributed by atoms with E-state index >= 15 is 0 Å². The van der Waals surface area contributed by atoms with Crippen LogP contribution in [0.1, 0.15) is 58.9 Å². The Morgan fingerprint density at radius 1 is 0.714 bits per heavy atom. The minimum Gasteiger partial charge on any atom is -0.494 e. The van der Waals surface area contributed by atoms with Gasteiger partial charge in [-0.2, -0.15) is 10.2 Å². The largest absolute Gasteiger partial charge is 0.494 e. The van der Waals surface area contributed by atoms with Crippen LogP contribution in [0.25, 0.3) is 0 Å². The van der Waals surface area contributed by atoms with Crippen LogP contribution in [-0.4, -0.2) is 37.5 Å². The molecule has 0 fully saturated rings. The smallest absolute Gasteiger partial charge is 0.307 e. The van der Waals surface area contributed by atoms with Crippen LogP contribution < -0.4 is 20.3 Å². The summed E-state index contributed by atoms with van der Waals surface area (Å²) in [6, 6.07) is 17.4. The average molecular weight is 477 g/mol. The molecule has 2 aromatic carbocycles. The molecule has 9 nitrogen and oxygen atoms in total. The molecule has 1 aromatic heterocycles. The van der Waals surface area contributed by atoms with E-state index in [4.69, 9.17) is 13.9 Å². The number of nitrogens with zero attached hydrogens (tertiary/aromatic N) is 2. The Balaban J connectivity index is 1.47. The Labute approximate surface area is 203 Å². The first-order valence-electron chi connectivity index (χ1n) is 11.3. The Morgan fingerprint density at radius 3 is 1.49 bits per heavy atom. The van der Waals surface area contributed by atoms with Crippen LogP contribution in [-0.2, 0) is 0 Å². The maximum absolute atomic E-state index is 12.2. The van der Waals surface area contributed by atoms with Crippen LogP contribution in [0.5, 0.6) is 11.5 Å². The Kier molecular flexibility index (Phi) is 9.62. The fraction of sp³-hybridized carbons (Fsp3) is 0.231. The summed E-state index contributed by atoms with van der Waals surface area (Å²) in [4.78, 5) is 24.5. The molecule has 0 saturated carbocycles. The maximum atomic E-state index is 12.2. The number of ether oxygens (including phenoxy) is 2. The lowest BCUT2D eigenvalue weighted by atomic mass is 10.2. The second-order valence-corrected chi connectivity index (χ2v) is 7.40. The molecule has 0 aliphatic carbocycles. The van der Waals surface area contributed by atoms with Crippen LogP contribution in [0, 0.1) is 0 Å². The van der Waals surface area contributed by atoms with E-state index in [1.807, 2.05) is 62.4 Å². The van der Waals surface area contributed by atoms with Crippen molar-refractivity contribution < 1.29 is 23.5 Å². The predicted octanol–water partition coefficient (Wildman–Crippen LogP) is 4.39. The first kappa shape index (κ1) is 25.2. The van der Waals surface area contributed by atoms with Gasteiger partial charge in [0.05, 0.1) is 25.6 Å². The number of benzene rings is 2. The van der Waals surface area contributed by atoms with Gasteiger partial charge in [-0.3, -0.25) is 9.59 Å². The van der Waals surface area contributed by atoms with Gasteiger partial charge in [0.2, 0.25) is 0 Å². The lowest BCUT2D eigenvalue weighted by Crippen LogP contribution is -2.18. The number of hydrogen-bond donors (Lipinski definition) is 2. The fourth-order valence-corrected chi connectivity index (χ4v) is 2.76. The van der Waals surface area contributed by atoms with Crippen molar-refractivity contribution in [3.63, 3.8) is 0 Å². The van der Waals surface area contributed by atoms with Crippen LogP contribution in [0.15, 0.2) is 75.3 Å². The van der Waals surface area contributed by atoms with Gasteiger partial charge in [-0.1, -0.05) is 13.8 Å². The molecule has 0 atom stereocenters. The lowest BCUT2D eigenvalue weighted by Gasteiger charge is -2.03. The molecule has 0 bridgehead atoms. The van der Waals surface area contributed by atoms with Gasteiger partial charge in [-0.15, -0.1) is 0 Å². The molecule has 3 aromatic rings. The zero-order chi connectivity index (χ0) is 24.9. The third-order valence-electron chi connectivity index (χ3n) is 4.52. The summed E-state index contributed by atoms with van der Waals surface area (Å²) < 4.78 is 16.4. The maximum Gasteiger partial charge on any atom is 0.307 e. The molecule has 0 saturated heterocycles. The second kappa shape index (κ2) is 13.3. The van der Waals surface area contributed by atoms with Crippen molar-refractivity contribution in [1.82, 2.24) is 10.9 Å². The van der Waals surface area contributed by atoms with Crippen molar-refractivity contribution in [2.75, 3.05) is 13.2 Å². The van der Waals surface area contributed by atoms with Crippen LogP contribution in [0.3, 0.4) is 0 Å². The Morgan fingerprint density at radius 2 is 1.11 bits per heavy atom. The molecule has 0 aliphatic rings. The highest BCUT2D eigenvalue weighted by Gasteiger charge is 2.15. The highest BCUT2D eigenvalue weighted by Crippen LogP contribution is 2.12. The first-order valence-corrected chi connectivity index (χ1v) is 11.3. The molecule has 0 aliphatic heterocycles. The minimum absolute atomic E-state index is 0.0535. The number of carbonyl (C=O) groups excluding carboxylic acids is 2. The number of carbonyl (C=O) groups is 2. The monoisotopic (exact) mass is 476 g/mol. The van der Waals surface area contributed by atoms with Gasteiger partial charge in [0, 0.05) is 0 Å². The Hall–Kier alpha value is -4.40. The van der Waals surface area contributed by atoms with Crippen molar-refractivity contribution in [1.29, 1.82) is 0 Å². The third-order valence-corrected chi connectivity index (χ3v) is 4.52. The van der Waals surface area contributed by atoms with E-state index in [0.717, 1.165) is 35.5 Å². The number of amides is 2. The molecule has 1 heterocycles. The molecular formula is C26H28N4O5. The summed E-state index contributed by atoms with van der Waals surface area (Å²) in [5, 5.41) is 7.82. The van der Waals surface area contributed by atoms with Crippen molar-refractivity contribution in [2.45, 2.75) is 26.7 Å². The molecule has 0 unspecified atom stereocenters. The third kappa shape index (κ3) is 8.15. The van der Waals surface area contributed by atoms with Crippen molar-refractivity contribution >= 4 is 24.2 Å². The van der Waals surface area contributed by atoms with Crippen LogP contribution >= 0.6 is 0 Å². The van der Waals surface area contributed by atoms with Crippen molar-refractivity contribution in [3.8, 4) is 11.5 Å². The molecule has 9 heteroatoms. The van der Waals surface area contributed by atoms with E-state index in [2.05, 4.69) is 21.1 Å². The fourth-order valence-electron chi connectivity index (χ4n) is 2.76. The SMILES string of the molecule is CCCOc1ccc(C=NNC(=O)c2ccc(C(=O)NN=Cc3ccc(OCCC)cc3)o2)cc1. The zero-order valence-electron chi connectivity index (χ0n) is 19.7. The standard InChI is InChI=1S/C26H28N4O5/c1-3-15-33-21-9-5-19(6-10-21)17-27-29-25(31)23-13-14-24(35-23)26(32)30-28-18-20-7-11-22(12-8-20)34-16-4-2/h5-14,17-18H,3-4,15-16H2,1-2H3,(H,29,31)(H,30,32). The normalized spacial score (nSPS) is 11.0. The summed E-state index contributed by atoms with van der Waals surface area (Å²) in [7, 11) is 0. The van der Waals surface area contributed by atoms with Gasteiger partial charge in [-0.25, -0.2) is 10.9 Å². The van der Waals surface area contributed by atoms with Crippen molar-refractivity contribution in [3.05, 3.63) is 83.3 Å². The van der Waals surface area contributed by atoms with Gasteiger partial charge in [0.25, 0.3) is 0 Å². The van der Waals surface area contributed by atoms with Gasteiger partial charge in [-0.05, 0) is 84.6 Å². The average Bonchev–Trinajstić information content (AvgIpc) is 3.38. The molecule has 2 N–H and O–H groups in total. The molecule has 0 spiro atoms. The van der Waals surface area contributed by atoms with Crippen molar-refractivity contribution in [2.24, 2.45) is 10.2 Å². The van der Waals surface area contributed by atoms with Gasteiger partial charge in [0.1, 0.15) is 11.5 Å². The number of hydrogen-bond acceptors (Lipinski definition) is 7. The van der Waals surface area contributed by atoms with E-state index in [1.165, 1.54) is 24.6 Å². The van der Waals surface area contributed by atoms with E-state index in [-0.39, 0.29) is 11.5 Å². The minimum atomic E-state index is -0.586. The van der Waals surface area contributed by atoms with Gasteiger partial charge < -0.3 is 13.9 Å². The molecule has 35 heavy (non-hydrogen) atoms. The molecule has 3 rings (SSSR count). The first-order chi connectivity index (χ1) is 17.1. The van der Waals surface area contributed by atoms with E-state index in [9.17, 15) is 9.59 Å². The zero-order valence-corrected chi connectivity index (χ0v) is 19.7. The summed E-state index contributed by atoms with van der Waals surface area (Å²) >= 11 is 0. The number of hydrazone groups is 2. The number of nitrogens with one attached hydrogen (secondary N) is 2. The molecule has 182 valence electrons. The summed E-state index contributed by atoms with van der Waals surface area (Å²) in [6.07, 6.45) is 4.86. The quantitative estimate of drug-likeness (QED) is 0.297. The Bertz CT molecular complexity index is 1060. The van der Waals surface area contributed by atoms with Crippen LogP contribution in [0.2, 0.25) is 0 Å². The summed E-state index contributed by atoms with van der Waals surface area (Å²) in [5.41, 5.74) is 6.30. The van der Waals surface area contributed by atoms with Gasteiger partial charge >= 0.3 is 11.8 Å². The van der Waals surface area contributed by atoms with E-state index in [1.54, 1.807) is 0 Å². The predicted molar refractivity (Wildman–Crippen MR) is 133 cm³/mol. The molecule has 2 amide bonds. The summed E-state index contributed by atoms with van der Waals surface area (Å²) in [6.45, 7) is 5.39. The van der Waals surface area contributed by atoms with Gasteiger partial charge in [0.15, 0.2) is 11.5 Å². The highest BCUT2D eigenvalue weighted by atomic mass is 16.5. The highest BCUT2D eigenvalue weighted by molar-refractivity contribution is 5.96. The number of rotatable bonds is 12. The van der Waals surface area contributed by atoms with Crippen LogP contribution in [0.4, 0.5) is 0 Å². The van der Waals surface area contributed by atoms with E-state index < -0.39 is 11.8 Å². The van der Waals surface area contributed by atoms with E-state index in [0.29, 0.717) is 13.2 Å². The second-order valence-electron chi connectivity index (χ2n) is 7.40. The lowest BCUT2D eigenvalue weighted by molar-refractivity contribution is 0.0902. The number of furan rings is 1.